The summed E-state index contributed by atoms with van der Waals surface area (Å²) in [4.78, 5) is 28.7. The summed E-state index contributed by atoms with van der Waals surface area (Å²) in [7, 11) is 0. The number of hydrogen-bond donors (Lipinski definition) is 2. The predicted octanol–water partition coefficient (Wildman–Crippen LogP) is 4.66. The third-order valence-corrected chi connectivity index (χ3v) is 5.68. The smallest absolute Gasteiger partial charge is 0.240 e. The number of nitrogens with zero attached hydrogens (tertiary/aromatic N) is 1. The number of benzene rings is 2. The van der Waals surface area contributed by atoms with E-state index >= 15 is 0 Å². The first-order chi connectivity index (χ1) is 12.4. The van der Waals surface area contributed by atoms with Crippen LogP contribution < -0.4 is 10.6 Å². The molecule has 134 valence electrons. The number of amides is 2. The molecule has 3 rings (SSSR count). The molecule has 1 fully saturated rings. The van der Waals surface area contributed by atoms with Crippen molar-refractivity contribution in [1.29, 1.82) is 0 Å². The molecule has 1 heterocycles. The van der Waals surface area contributed by atoms with Crippen LogP contribution in [0.2, 0.25) is 5.02 Å². The minimum absolute atomic E-state index is 0.0697. The molecule has 1 aliphatic rings. The van der Waals surface area contributed by atoms with Gasteiger partial charge in [-0.15, -0.1) is 0 Å². The number of aryl methyl sites for hydroxylation is 1. The van der Waals surface area contributed by atoms with Crippen LogP contribution in [0.15, 0.2) is 51.9 Å². The molecular formula is C18H15BrClN3O2S. The molecule has 0 bridgehead atoms. The summed E-state index contributed by atoms with van der Waals surface area (Å²) < 4.78 is 0.929. The van der Waals surface area contributed by atoms with Crippen LogP contribution in [0.5, 0.6) is 0 Å². The fourth-order valence-corrected chi connectivity index (χ4v) is 3.70. The summed E-state index contributed by atoms with van der Waals surface area (Å²) >= 11 is 10.7. The van der Waals surface area contributed by atoms with E-state index in [4.69, 9.17) is 11.6 Å². The van der Waals surface area contributed by atoms with Crippen LogP contribution in [0.1, 0.15) is 12.0 Å². The Morgan fingerprint density at radius 1 is 1.31 bits per heavy atom. The van der Waals surface area contributed by atoms with E-state index in [-0.39, 0.29) is 18.2 Å². The van der Waals surface area contributed by atoms with Crippen LogP contribution in [-0.4, -0.2) is 22.2 Å². The van der Waals surface area contributed by atoms with Gasteiger partial charge in [-0.2, -0.15) is 0 Å². The van der Waals surface area contributed by atoms with E-state index in [1.807, 2.05) is 31.2 Å². The molecule has 8 heteroatoms. The number of anilines is 1. The van der Waals surface area contributed by atoms with Gasteiger partial charge in [-0.3, -0.25) is 9.59 Å². The molecule has 2 aromatic rings. The topological polar surface area (TPSA) is 70.6 Å². The van der Waals surface area contributed by atoms with Crippen molar-refractivity contribution in [2.45, 2.75) is 18.6 Å². The molecule has 0 radical (unpaired) electrons. The van der Waals surface area contributed by atoms with E-state index in [0.717, 1.165) is 10.0 Å². The summed E-state index contributed by atoms with van der Waals surface area (Å²) in [5.74, 6) is -0.447. The molecule has 2 aromatic carbocycles. The van der Waals surface area contributed by atoms with Crippen molar-refractivity contribution in [3.8, 4) is 0 Å². The molecular weight excluding hydrogens is 438 g/mol. The van der Waals surface area contributed by atoms with Gasteiger partial charge in [0.15, 0.2) is 5.17 Å². The molecule has 2 amide bonds. The number of carbonyl (C=O) groups excluding carboxylic acids is 2. The lowest BCUT2D eigenvalue weighted by atomic mass is 10.2. The Labute approximate surface area is 168 Å². The zero-order valence-corrected chi connectivity index (χ0v) is 16.9. The van der Waals surface area contributed by atoms with Crippen LogP contribution in [0, 0.1) is 6.92 Å². The number of rotatable bonds is 4. The van der Waals surface area contributed by atoms with E-state index in [2.05, 4.69) is 31.6 Å². The lowest BCUT2D eigenvalue weighted by Crippen LogP contribution is -2.28. The first-order valence-corrected chi connectivity index (χ1v) is 9.83. The molecule has 26 heavy (non-hydrogen) atoms. The molecule has 1 aliphatic heterocycles. The van der Waals surface area contributed by atoms with Gasteiger partial charge in [0.2, 0.25) is 11.8 Å². The minimum atomic E-state index is -0.509. The van der Waals surface area contributed by atoms with Crippen molar-refractivity contribution in [3.63, 3.8) is 0 Å². The molecule has 2 N–H and O–H groups in total. The highest BCUT2D eigenvalue weighted by atomic mass is 79.9. The molecule has 0 aromatic heterocycles. The third-order valence-electron chi connectivity index (χ3n) is 3.66. The Bertz CT molecular complexity index is 887. The maximum Gasteiger partial charge on any atom is 0.240 e. The fourth-order valence-electron chi connectivity index (χ4n) is 2.27. The fraction of sp³-hybridized carbons (Fsp3) is 0.167. The van der Waals surface area contributed by atoms with Gasteiger partial charge in [-0.1, -0.05) is 45.4 Å². The first-order valence-electron chi connectivity index (χ1n) is 7.78. The first kappa shape index (κ1) is 18.9. The van der Waals surface area contributed by atoms with Gasteiger partial charge < -0.3 is 10.6 Å². The zero-order chi connectivity index (χ0) is 18.7. The number of thioether (sulfide) groups is 1. The highest BCUT2D eigenvalue weighted by Crippen LogP contribution is 2.27. The van der Waals surface area contributed by atoms with Crippen LogP contribution in [0.3, 0.4) is 0 Å². The third kappa shape index (κ3) is 4.87. The van der Waals surface area contributed by atoms with Crippen molar-refractivity contribution < 1.29 is 9.59 Å². The zero-order valence-electron chi connectivity index (χ0n) is 13.8. The Balaban J connectivity index is 1.62. The van der Waals surface area contributed by atoms with Gasteiger partial charge in [0.05, 0.1) is 5.69 Å². The second-order valence-corrected chi connectivity index (χ2v) is 8.22. The quantitative estimate of drug-likeness (QED) is 0.709. The monoisotopic (exact) mass is 451 g/mol. The van der Waals surface area contributed by atoms with Crippen LogP contribution in [-0.2, 0) is 9.59 Å². The van der Waals surface area contributed by atoms with Crippen molar-refractivity contribution in [1.82, 2.24) is 5.32 Å². The number of hydrogen-bond acceptors (Lipinski definition) is 4. The van der Waals surface area contributed by atoms with Gasteiger partial charge in [0, 0.05) is 21.6 Å². The number of carbonyl (C=O) groups is 2. The normalized spacial score (nSPS) is 18.0. The SMILES string of the molecule is Cc1ccc(N=C2NC(=O)C(CC(=O)Nc3ccc(Br)cc3)S2)cc1Cl. The van der Waals surface area contributed by atoms with E-state index < -0.39 is 5.25 Å². The summed E-state index contributed by atoms with van der Waals surface area (Å²) in [6.45, 7) is 1.91. The van der Waals surface area contributed by atoms with Crippen molar-refractivity contribution in [3.05, 3.63) is 57.5 Å². The van der Waals surface area contributed by atoms with E-state index in [1.165, 1.54) is 11.8 Å². The molecule has 5 nitrogen and oxygen atoms in total. The molecule has 1 unspecified atom stereocenters. The highest BCUT2D eigenvalue weighted by Gasteiger charge is 2.32. The number of aliphatic imine (C=N–C) groups is 1. The summed E-state index contributed by atoms with van der Waals surface area (Å²) in [5, 5.41) is 6.07. The summed E-state index contributed by atoms with van der Waals surface area (Å²) in [6.07, 6.45) is 0.0697. The van der Waals surface area contributed by atoms with Crippen LogP contribution in [0.25, 0.3) is 0 Å². The van der Waals surface area contributed by atoms with E-state index in [1.54, 1.807) is 18.2 Å². The Hall–Kier alpha value is -1.83. The Kier molecular flexibility index (Phi) is 6.01. The molecule has 1 atom stereocenters. The average Bonchev–Trinajstić information content (AvgIpc) is 2.92. The maximum absolute atomic E-state index is 12.2. The van der Waals surface area contributed by atoms with Crippen molar-refractivity contribution >= 4 is 67.6 Å². The van der Waals surface area contributed by atoms with Gasteiger partial charge >= 0.3 is 0 Å². The maximum atomic E-state index is 12.2. The van der Waals surface area contributed by atoms with Gasteiger partial charge in [-0.05, 0) is 48.9 Å². The van der Waals surface area contributed by atoms with Crippen molar-refractivity contribution in [2.24, 2.45) is 4.99 Å². The predicted molar refractivity (Wildman–Crippen MR) is 110 cm³/mol. The lowest BCUT2D eigenvalue weighted by molar-refractivity contribution is -0.122. The summed E-state index contributed by atoms with van der Waals surface area (Å²) in [5.41, 5.74) is 2.30. The molecule has 0 spiro atoms. The molecule has 1 saturated heterocycles. The number of amidine groups is 1. The Morgan fingerprint density at radius 3 is 2.73 bits per heavy atom. The lowest BCUT2D eigenvalue weighted by Gasteiger charge is -2.07. The minimum Gasteiger partial charge on any atom is -0.326 e. The van der Waals surface area contributed by atoms with Crippen molar-refractivity contribution in [2.75, 3.05) is 5.32 Å². The van der Waals surface area contributed by atoms with Gasteiger partial charge in [0.25, 0.3) is 0 Å². The van der Waals surface area contributed by atoms with Crippen LogP contribution in [0.4, 0.5) is 11.4 Å². The number of nitrogens with one attached hydrogen (secondary N) is 2. The second-order valence-electron chi connectivity index (χ2n) is 5.71. The largest absolute Gasteiger partial charge is 0.326 e. The van der Waals surface area contributed by atoms with E-state index in [9.17, 15) is 9.59 Å². The molecule has 0 saturated carbocycles. The van der Waals surface area contributed by atoms with E-state index in [0.29, 0.717) is 21.6 Å². The summed E-state index contributed by atoms with van der Waals surface area (Å²) in [6, 6.07) is 12.7. The highest BCUT2D eigenvalue weighted by molar-refractivity contribution is 9.10. The second kappa shape index (κ2) is 8.24. The average molecular weight is 453 g/mol. The standard InChI is InChI=1S/C18H15BrClN3O2S/c1-10-2-5-13(8-14(10)20)22-18-23-17(25)15(26-18)9-16(24)21-12-6-3-11(19)4-7-12/h2-8,15H,9H2,1H3,(H,21,24)(H,22,23,25). The molecule has 0 aliphatic carbocycles. The Morgan fingerprint density at radius 2 is 2.04 bits per heavy atom. The number of halogens is 2. The van der Waals surface area contributed by atoms with Crippen LogP contribution >= 0.6 is 39.3 Å². The van der Waals surface area contributed by atoms with Gasteiger partial charge in [0.1, 0.15) is 5.25 Å². The van der Waals surface area contributed by atoms with Gasteiger partial charge in [-0.25, -0.2) is 4.99 Å².